The summed E-state index contributed by atoms with van der Waals surface area (Å²) in [4.78, 5) is 10.8. The van der Waals surface area contributed by atoms with Crippen LogP contribution < -0.4 is 0 Å². The summed E-state index contributed by atoms with van der Waals surface area (Å²) in [6.07, 6.45) is 3.09. The highest BCUT2D eigenvalue weighted by Gasteiger charge is 2.20. The molecule has 0 unspecified atom stereocenters. The molecule has 0 fully saturated rings. The molecule has 14 heavy (non-hydrogen) atoms. The van der Waals surface area contributed by atoms with E-state index in [0.717, 1.165) is 0 Å². The number of carbonyl (C=O) groups is 1. The highest BCUT2D eigenvalue weighted by atomic mass is 16.5. The summed E-state index contributed by atoms with van der Waals surface area (Å²) in [6, 6.07) is 0. The third-order valence-electron chi connectivity index (χ3n) is 2.08. The number of hydrogen-bond donors (Lipinski definition) is 2. The molecular weight excluding hydrogens is 184 g/mol. The van der Waals surface area contributed by atoms with Crippen LogP contribution in [0, 0.1) is 0 Å². The van der Waals surface area contributed by atoms with Crippen LogP contribution in [0.25, 0.3) is 0 Å². The number of hydrogen-bond acceptors (Lipinski definition) is 4. The van der Waals surface area contributed by atoms with E-state index in [0.29, 0.717) is 19.3 Å². The zero-order chi connectivity index (χ0) is 10.6. The SMILES string of the molecule is C[C@H](O)C[C@H](O)C[C@H]1CC=CC(=O)O1. The molecule has 4 nitrogen and oxygen atoms in total. The van der Waals surface area contributed by atoms with Crippen molar-refractivity contribution < 1.29 is 19.7 Å². The summed E-state index contributed by atoms with van der Waals surface area (Å²) in [7, 11) is 0. The number of esters is 1. The Morgan fingerprint density at radius 2 is 2.36 bits per heavy atom. The maximum atomic E-state index is 10.8. The Morgan fingerprint density at radius 1 is 1.64 bits per heavy atom. The van der Waals surface area contributed by atoms with Crippen LogP contribution in [0.2, 0.25) is 0 Å². The lowest BCUT2D eigenvalue weighted by molar-refractivity contribution is -0.145. The van der Waals surface area contributed by atoms with Crippen LogP contribution in [0.5, 0.6) is 0 Å². The van der Waals surface area contributed by atoms with Gasteiger partial charge in [0.05, 0.1) is 12.2 Å². The van der Waals surface area contributed by atoms with Crippen molar-refractivity contribution in [3.05, 3.63) is 12.2 Å². The van der Waals surface area contributed by atoms with Gasteiger partial charge in [0.15, 0.2) is 0 Å². The van der Waals surface area contributed by atoms with Crippen molar-refractivity contribution in [2.45, 2.75) is 44.5 Å². The first-order valence-electron chi connectivity index (χ1n) is 4.81. The van der Waals surface area contributed by atoms with Crippen molar-refractivity contribution in [2.24, 2.45) is 0 Å². The molecule has 1 heterocycles. The Bertz CT molecular complexity index is 222. The molecule has 2 N–H and O–H groups in total. The molecule has 0 aromatic heterocycles. The lowest BCUT2D eigenvalue weighted by atomic mass is 10.0. The van der Waals surface area contributed by atoms with Crippen LogP contribution in [0.15, 0.2) is 12.2 Å². The fourth-order valence-corrected chi connectivity index (χ4v) is 1.51. The second-order valence-corrected chi connectivity index (χ2v) is 3.67. The molecule has 1 rings (SSSR count). The summed E-state index contributed by atoms with van der Waals surface area (Å²) in [5.74, 6) is -0.356. The van der Waals surface area contributed by atoms with Gasteiger partial charge in [-0.2, -0.15) is 0 Å². The minimum Gasteiger partial charge on any atom is -0.459 e. The Balaban J connectivity index is 2.30. The zero-order valence-corrected chi connectivity index (χ0v) is 8.22. The van der Waals surface area contributed by atoms with Crippen LogP contribution in [0.1, 0.15) is 26.2 Å². The van der Waals surface area contributed by atoms with Gasteiger partial charge in [-0.15, -0.1) is 0 Å². The van der Waals surface area contributed by atoms with Gasteiger partial charge < -0.3 is 14.9 Å². The number of ether oxygens (including phenoxy) is 1. The van der Waals surface area contributed by atoms with E-state index in [1.54, 1.807) is 13.0 Å². The van der Waals surface area contributed by atoms with Crippen LogP contribution in [-0.4, -0.2) is 34.5 Å². The third-order valence-corrected chi connectivity index (χ3v) is 2.08. The predicted octanol–water partition coefficient (Wildman–Crippen LogP) is 0.380. The molecule has 80 valence electrons. The average molecular weight is 200 g/mol. The monoisotopic (exact) mass is 200 g/mol. The second kappa shape index (κ2) is 5.12. The van der Waals surface area contributed by atoms with E-state index < -0.39 is 12.2 Å². The van der Waals surface area contributed by atoms with E-state index in [4.69, 9.17) is 9.84 Å². The summed E-state index contributed by atoms with van der Waals surface area (Å²) >= 11 is 0. The van der Waals surface area contributed by atoms with E-state index in [1.165, 1.54) is 6.08 Å². The number of aliphatic hydroxyl groups excluding tert-OH is 2. The van der Waals surface area contributed by atoms with E-state index >= 15 is 0 Å². The van der Waals surface area contributed by atoms with Gasteiger partial charge in [0.2, 0.25) is 0 Å². The first-order valence-corrected chi connectivity index (χ1v) is 4.81. The first-order chi connectivity index (χ1) is 6.58. The summed E-state index contributed by atoms with van der Waals surface area (Å²) in [5.41, 5.74) is 0. The molecule has 0 saturated carbocycles. The number of aliphatic hydroxyl groups is 2. The number of rotatable bonds is 4. The van der Waals surface area contributed by atoms with Gasteiger partial charge in [-0.1, -0.05) is 6.08 Å². The smallest absolute Gasteiger partial charge is 0.330 e. The number of cyclic esters (lactones) is 1. The molecule has 0 spiro atoms. The zero-order valence-electron chi connectivity index (χ0n) is 8.22. The normalized spacial score (nSPS) is 25.6. The van der Waals surface area contributed by atoms with Gasteiger partial charge in [0, 0.05) is 18.9 Å². The third kappa shape index (κ3) is 3.89. The lowest BCUT2D eigenvalue weighted by Crippen LogP contribution is -2.26. The summed E-state index contributed by atoms with van der Waals surface area (Å²) < 4.78 is 4.97. The van der Waals surface area contributed by atoms with Crippen molar-refractivity contribution in [1.29, 1.82) is 0 Å². The fraction of sp³-hybridized carbons (Fsp3) is 0.700. The van der Waals surface area contributed by atoms with E-state index in [9.17, 15) is 9.90 Å². The van der Waals surface area contributed by atoms with Crippen molar-refractivity contribution in [3.8, 4) is 0 Å². The molecule has 1 aliphatic heterocycles. The maximum absolute atomic E-state index is 10.8. The average Bonchev–Trinajstić information content (AvgIpc) is 2.01. The molecule has 0 aromatic rings. The van der Waals surface area contributed by atoms with Crippen LogP contribution >= 0.6 is 0 Å². The predicted molar refractivity (Wildman–Crippen MR) is 50.6 cm³/mol. The molecule has 0 amide bonds. The van der Waals surface area contributed by atoms with Crippen LogP contribution in [0.4, 0.5) is 0 Å². The molecule has 0 bridgehead atoms. The molecule has 4 heteroatoms. The summed E-state index contributed by atoms with van der Waals surface area (Å²) in [6.45, 7) is 1.62. The number of carbonyl (C=O) groups excluding carboxylic acids is 1. The second-order valence-electron chi connectivity index (χ2n) is 3.67. The lowest BCUT2D eigenvalue weighted by Gasteiger charge is -2.21. The van der Waals surface area contributed by atoms with Crippen LogP contribution in [-0.2, 0) is 9.53 Å². The van der Waals surface area contributed by atoms with Crippen LogP contribution in [0.3, 0.4) is 0 Å². The van der Waals surface area contributed by atoms with E-state index in [2.05, 4.69) is 0 Å². The molecular formula is C10H16O4. The minimum atomic E-state index is -0.612. The molecule has 0 aliphatic carbocycles. The minimum absolute atomic E-state index is 0.249. The van der Waals surface area contributed by atoms with Crippen molar-refractivity contribution in [1.82, 2.24) is 0 Å². The Kier molecular flexibility index (Phi) is 4.10. The van der Waals surface area contributed by atoms with Gasteiger partial charge in [-0.05, 0) is 13.3 Å². The molecule has 1 aliphatic rings. The molecule has 3 atom stereocenters. The Labute approximate surface area is 83.2 Å². The van der Waals surface area contributed by atoms with E-state index in [1.807, 2.05) is 0 Å². The van der Waals surface area contributed by atoms with Gasteiger partial charge >= 0.3 is 5.97 Å². The first kappa shape index (κ1) is 11.2. The van der Waals surface area contributed by atoms with E-state index in [-0.39, 0.29) is 12.1 Å². The standard InChI is InChI=1S/C10H16O4/c1-7(11)5-8(12)6-9-3-2-4-10(13)14-9/h2,4,7-9,11-12H,3,5-6H2,1H3/t7-,8-,9+/m0/s1. The quantitative estimate of drug-likeness (QED) is 0.644. The van der Waals surface area contributed by atoms with Crippen molar-refractivity contribution in [2.75, 3.05) is 0 Å². The maximum Gasteiger partial charge on any atom is 0.330 e. The highest BCUT2D eigenvalue weighted by Crippen LogP contribution is 2.15. The van der Waals surface area contributed by atoms with Gasteiger partial charge in [0.25, 0.3) is 0 Å². The molecule has 0 saturated heterocycles. The van der Waals surface area contributed by atoms with Crippen molar-refractivity contribution in [3.63, 3.8) is 0 Å². The largest absolute Gasteiger partial charge is 0.459 e. The van der Waals surface area contributed by atoms with Gasteiger partial charge in [-0.3, -0.25) is 0 Å². The van der Waals surface area contributed by atoms with Crippen molar-refractivity contribution >= 4 is 5.97 Å². The Morgan fingerprint density at radius 3 is 2.93 bits per heavy atom. The molecule has 0 radical (unpaired) electrons. The summed E-state index contributed by atoms with van der Waals surface area (Å²) in [5, 5.41) is 18.5. The molecule has 0 aromatic carbocycles. The highest BCUT2D eigenvalue weighted by molar-refractivity contribution is 5.82. The fourth-order valence-electron chi connectivity index (χ4n) is 1.51. The Hall–Kier alpha value is -0.870. The van der Waals surface area contributed by atoms with Gasteiger partial charge in [0.1, 0.15) is 6.10 Å². The topological polar surface area (TPSA) is 66.8 Å². The van der Waals surface area contributed by atoms with Gasteiger partial charge in [-0.25, -0.2) is 4.79 Å².